The Hall–Kier alpha value is -3.59. The number of hydrogen-bond donors (Lipinski definition) is 0. The first kappa shape index (κ1) is 20.2. The quantitative estimate of drug-likeness (QED) is 0.371. The molecule has 0 N–H and O–H groups in total. The molecule has 0 bridgehead atoms. The topological polar surface area (TPSA) is 31.4 Å². The lowest BCUT2D eigenvalue weighted by molar-refractivity contribution is 0.456. The van der Waals surface area contributed by atoms with Crippen LogP contribution < -0.4 is 9.47 Å². The van der Waals surface area contributed by atoms with Crippen molar-refractivity contribution in [2.24, 2.45) is 0 Å². The first-order valence-corrected chi connectivity index (χ1v) is 9.54. The Morgan fingerprint density at radius 1 is 0.483 bits per heavy atom. The van der Waals surface area contributed by atoms with Gasteiger partial charge in [0.2, 0.25) is 0 Å². The molecule has 0 saturated heterocycles. The van der Waals surface area contributed by atoms with Crippen molar-refractivity contribution in [2.45, 2.75) is 20.8 Å². The van der Waals surface area contributed by atoms with Crippen molar-refractivity contribution in [3.63, 3.8) is 0 Å². The Kier molecular flexibility index (Phi) is 7.01. The molecule has 0 unspecified atom stereocenters. The molecular formula is C26H25NO2. The van der Waals surface area contributed by atoms with Gasteiger partial charge in [-0.2, -0.15) is 0 Å². The molecule has 0 aliphatic carbocycles. The lowest BCUT2D eigenvalue weighted by atomic mass is 10.1. The number of aromatic nitrogens is 1. The standard InChI is InChI=1S/C17H13NO2.C9H12/c1-3-7-14(8-4-1)19-16-11-17(13-18-12-16)20-15-9-5-2-6-10-15;1-7-4-8(2)6-9(3)5-7/h1-13H;4-6H,1-3H3. The molecule has 29 heavy (non-hydrogen) atoms. The van der Waals surface area contributed by atoms with Gasteiger partial charge in [-0.25, -0.2) is 0 Å². The van der Waals surface area contributed by atoms with E-state index in [4.69, 9.17) is 9.47 Å². The van der Waals surface area contributed by atoms with Gasteiger partial charge >= 0.3 is 0 Å². The highest BCUT2D eigenvalue weighted by atomic mass is 16.5. The minimum atomic E-state index is 0.643. The summed E-state index contributed by atoms with van der Waals surface area (Å²) >= 11 is 0. The minimum absolute atomic E-state index is 0.643. The maximum absolute atomic E-state index is 5.71. The van der Waals surface area contributed by atoms with E-state index in [2.05, 4.69) is 44.0 Å². The van der Waals surface area contributed by atoms with Crippen LogP contribution in [0.4, 0.5) is 0 Å². The predicted molar refractivity (Wildman–Crippen MR) is 118 cm³/mol. The predicted octanol–water partition coefficient (Wildman–Crippen LogP) is 7.28. The van der Waals surface area contributed by atoms with Gasteiger partial charge in [-0.05, 0) is 45.0 Å². The first-order valence-electron chi connectivity index (χ1n) is 9.54. The van der Waals surface area contributed by atoms with Gasteiger partial charge in [0.15, 0.2) is 0 Å². The van der Waals surface area contributed by atoms with Gasteiger partial charge in [0.1, 0.15) is 23.0 Å². The Morgan fingerprint density at radius 2 is 0.862 bits per heavy atom. The summed E-state index contributed by atoms with van der Waals surface area (Å²) in [5.74, 6) is 2.83. The van der Waals surface area contributed by atoms with E-state index in [9.17, 15) is 0 Å². The van der Waals surface area contributed by atoms with Crippen LogP contribution in [-0.4, -0.2) is 4.98 Å². The number of pyridine rings is 1. The summed E-state index contributed by atoms with van der Waals surface area (Å²) in [5.41, 5.74) is 4.06. The largest absolute Gasteiger partial charge is 0.456 e. The van der Waals surface area contributed by atoms with Crippen molar-refractivity contribution in [1.29, 1.82) is 0 Å². The van der Waals surface area contributed by atoms with Gasteiger partial charge in [0, 0.05) is 6.07 Å². The van der Waals surface area contributed by atoms with E-state index in [-0.39, 0.29) is 0 Å². The molecule has 0 aliphatic heterocycles. The van der Waals surface area contributed by atoms with Crippen LogP contribution in [0.3, 0.4) is 0 Å². The fraction of sp³-hybridized carbons (Fsp3) is 0.115. The second-order valence-corrected chi connectivity index (χ2v) is 6.85. The molecule has 0 atom stereocenters. The maximum atomic E-state index is 5.71. The third kappa shape index (κ3) is 6.82. The lowest BCUT2D eigenvalue weighted by Gasteiger charge is -2.08. The zero-order valence-corrected chi connectivity index (χ0v) is 17.0. The molecule has 0 amide bonds. The summed E-state index contributed by atoms with van der Waals surface area (Å²) in [6.07, 6.45) is 3.32. The van der Waals surface area contributed by atoms with E-state index in [0.29, 0.717) is 11.5 Å². The van der Waals surface area contributed by atoms with E-state index in [1.807, 2.05) is 66.7 Å². The number of rotatable bonds is 4. The molecule has 1 aromatic heterocycles. The Balaban J connectivity index is 0.000000224. The van der Waals surface area contributed by atoms with Gasteiger partial charge in [0.05, 0.1) is 12.4 Å². The molecule has 146 valence electrons. The normalized spacial score (nSPS) is 9.90. The highest BCUT2D eigenvalue weighted by Gasteiger charge is 2.01. The number of hydrogen-bond acceptors (Lipinski definition) is 3. The summed E-state index contributed by atoms with van der Waals surface area (Å²) in [6.45, 7) is 6.38. The zero-order valence-electron chi connectivity index (χ0n) is 17.0. The van der Waals surface area contributed by atoms with E-state index >= 15 is 0 Å². The highest BCUT2D eigenvalue weighted by Crippen LogP contribution is 2.26. The number of nitrogens with zero attached hydrogens (tertiary/aromatic N) is 1. The number of para-hydroxylation sites is 2. The minimum Gasteiger partial charge on any atom is -0.456 e. The summed E-state index contributed by atoms with van der Waals surface area (Å²) in [5, 5.41) is 0. The van der Waals surface area contributed by atoms with Crippen LogP contribution in [-0.2, 0) is 0 Å². The van der Waals surface area contributed by atoms with Crippen molar-refractivity contribution < 1.29 is 9.47 Å². The molecule has 3 aromatic carbocycles. The molecule has 3 nitrogen and oxygen atoms in total. The molecule has 0 fully saturated rings. The van der Waals surface area contributed by atoms with Crippen LogP contribution in [0.25, 0.3) is 0 Å². The average molecular weight is 383 g/mol. The average Bonchev–Trinajstić information content (AvgIpc) is 2.69. The summed E-state index contributed by atoms with van der Waals surface area (Å²) in [6, 6.07) is 27.5. The zero-order chi connectivity index (χ0) is 20.5. The fourth-order valence-corrected chi connectivity index (χ4v) is 2.96. The Bertz CT molecular complexity index is 924. The second kappa shape index (κ2) is 10.1. The summed E-state index contributed by atoms with van der Waals surface area (Å²) in [4.78, 5) is 4.13. The van der Waals surface area contributed by atoms with Crippen LogP contribution >= 0.6 is 0 Å². The van der Waals surface area contributed by atoms with Crippen molar-refractivity contribution in [1.82, 2.24) is 4.98 Å². The molecule has 1 heterocycles. The number of aryl methyl sites for hydroxylation is 3. The monoisotopic (exact) mass is 383 g/mol. The second-order valence-electron chi connectivity index (χ2n) is 6.85. The van der Waals surface area contributed by atoms with Crippen molar-refractivity contribution >= 4 is 0 Å². The third-order valence-electron chi connectivity index (χ3n) is 4.01. The van der Waals surface area contributed by atoms with E-state index in [1.54, 1.807) is 12.4 Å². The molecule has 0 radical (unpaired) electrons. The van der Waals surface area contributed by atoms with Crippen molar-refractivity contribution in [3.05, 3.63) is 114 Å². The molecule has 3 heteroatoms. The summed E-state index contributed by atoms with van der Waals surface area (Å²) < 4.78 is 11.4. The van der Waals surface area contributed by atoms with E-state index in [0.717, 1.165) is 11.5 Å². The van der Waals surface area contributed by atoms with Gasteiger partial charge < -0.3 is 9.47 Å². The smallest absolute Gasteiger partial charge is 0.149 e. The SMILES string of the molecule is Cc1cc(C)cc(C)c1.c1ccc(Oc2cncc(Oc3ccccc3)c2)cc1. The van der Waals surface area contributed by atoms with Crippen LogP contribution in [0.2, 0.25) is 0 Å². The molecule has 0 spiro atoms. The molecule has 0 saturated carbocycles. The van der Waals surface area contributed by atoms with Crippen LogP contribution in [0, 0.1) is 20.8 Å². The van der Waals surface area contributed by atoms with Gasteiger partial charge in [-0.3, -0.25) is 4.98 Å². The Labute approximate surface area is 172 Å². The van der Waals surface area contributed by atoms with Crippen LogP contribution in [0.5, 0.6) is 23.0 Å². The highest BCUT2D eigenvalue weighted by molar-refractivity contribution is 5.36. The maximum Gasteiger partial charge on any atom is 0.149 e. The van der Waals surface area contributed by atoms with Crippen LogP contribution in [0.15, 0.2) is 97.3 Å². The molecule has 0 aliphatic rings. The third-order valence-corrected chi connectivity index (χ3v) is 4.01. The van der Waals surface area contributed by atoms with Gasteiger partial charge in [-0.15, -0.1) is 0 Å². The Morgan fingerprint density at radius 3 is 1.24 bits per heavy atom. The van der Waals surface area contributed by atoms with Gasteiger partial charge in [0.25, 0.3) is 0 Å². The number of benzene rings is 3. The summed E-state index contributed by atoms with van der Waals surface area (Å²) in [7, 11) is 0. The molecule has 4 aromatic rings. The molecule has 4 rings (SSSR count). The van der Waals surface area contributed by atoms with Crippen LogP contribution in [0.1, 0.15) is 16.7 Å². The lowest BCUT2D eigenvalue weighted by Crippen LogP contribution is -1.88. The fourth-order valence-electron chi connectivity index (χ4n) is 2.96. The number of ether oxygens (including phenoxy) is 2. The van der Waals surface area contributed by atoms with Gasteiger partial charge in [-0.1, -0.05) is 71.3 Å². The van der Waals surface area contributed by atoms with E-state index < -0.39 is 0 Å². The van der Waals surface area contributed by atoms with Crippen molar-refractivity contribution in [3.8, 4) is 23.0 Å². The van der Waals surface area contributed by atoms with Crippen molar-refractivity contribution in [2.75, 3.05) is 0 Å². The molecular weight excluding hydrogens is 358 g/mol. The first-order chi connectivity index (χ1) is 14.1. The van der Waals surface area contributed by atoms with E-state index in [1.165, 1.54) is 16.7 Å².